The van der Waals surface area contributed by atoms with E-state index in [4.69, 9.17) is 16.3 Å². The minimum Gasteiger partial charge on any atom is -0.495 e. The third kappa shape index (κ3) is 5.27. The summed E-state index contributed by atoms with van der Waals surface area (Å²) in [6.45, 7) is 1.82. The zero-order chi connectivity index (χ0) is 21.9. The first-order chi connectivity index (χ1) is 14.2. The van der Waals surface area contributed by atoms with Crippen molar-refractivity contribution in [3.8, 4) is 5.75 Å². The van der Waals surface area contributed by atoms with E-state index in [0.29, 0.717) is 27.9 Å². The van der Waals surface area contributed by atoms with Gasteiger partial charge in [0.2, 0.25) is 11.8 Å². The van der Waals surface area contributed by atoms with E-state index in [1.54, 1.807) is 18.2 Å². The normalized spacial score (nSPS) is 16.2. The maximum absolute atomic E-state index is 12.7. The van der Waals surface area contributed by atoms with E-state index in [1.807, 2.05) is 6.92 Å². The summed E-state index contributed by atoms with van der Waals surface area (Å²) in [5, 5.41) is 5.81. The summed E-state index contributed by atoms with van der Waals surface area (Å²) in [5.74, 6) is -0.133. The predicted molar refractivity (Wildman–Crippen MR) is 118 cm³/mol. The summed E-state index contributed by atoms with van der Waals surface area (Å²) >= 11 is 7.44. The van der Waals surface area contributed by atoms with E-state index in [2.05, 4.69) is 10.6 Å². The zero-order valence-corrected chi connectivity index (χ0v) is 18.8. The lowest BCUT2D eigenvalue weighted by Crippen LogP contribution is -2.20. The minimum absolute atomic E-state index is 0.0600. The molecule has 2 N–H and O–H groups in total. The SMILES string of the molecule is COc1ccc(Cl)cc1NC(=O)CCS(=O)(=O)c1ccc2c(c1)NC(=O)C(C)CS2. The Bertz CT molecular complexity index is 1090. The van der Waals surface area contributed by atoms with Crippen LogP contribution in [0.25, 0.3) is 0 Å². The van der Waals surface area contributed by atoms with Gasteiger partial charge in [0.05, 0.1) is 29.1 Å². The van der Waals surface area contributed by atoms with Crippen molar-refractivity contribution in [2.45, 2.75) is 23.1 Å². The molecule has 0 saturated heterocycles. The molecule has 0 saturated carbocycles. The number of nitrogens with one attached hydrogen (secondary N) is 2. The second kappa shape index (κ2) is 9.28. The van der Waals surface area contributed by atoms with Gasteiger partial charge in [-0.25, -0.2) is 8.42 Å². The molecular weight excluding hydrogens is 448 g/mol. The number of benzene rings is 2. The van der Waals surface area contributed by atoms with Crippen LogP contribution >= 0.6 is 23.4 Å². The van der Waals surface area contributed by atoms with Gasteiger partial charge >= 0.3 is 0 Å². The van der Waals surface area contributed by atoms with Gasteiger partial charge in [0, 0.05) is 28.0 Å². The molecule has 1 aliphatic rings. The van der Waals surface area contributed by atoms with Crippen LogP contribution in [0.3, 0.4) is 0 Å². The van der Waals surface area contributed by atoms with Crippen LogP contribution in [0, 0.1) is 5.92 Å². The Hall–Kier alpha value is -2.23. The molecule has 2 amide bonds. The number of amides is 2. The molecule has 0 spiro atoms. The predicted octanol–water partition coefficient (Wildman–Crippen LogP) is 3.83. The summed E-state index contributed by atoms with van der Waals surface area (Å²) in [4.78, 5) is 25.2. The van der Waals surface area contributed by atoms with Crippen LogP contribution in [0.1, 0.15) is 13.3 Å². The lowest BCUT2D eigenvalue weighted by atomic mass is 10.2. The van der Waals surface area contributed by atoms with Crippen molar-refractivity contribution in [3.63, 3.8) is 0 Å². The summed E-state index contributed by atoms with van der Waals surface area (Å²) < 4.78 is 30.6. The number of hydrogen-bond acceptors (Lipinski definition) is 6. The van der Waals surface area contributed by atoms with Crippen LogP contribution in [-0.2, 0) is 19.4 Å². The Morgan fingerprint density at radius 3 is 2.80 bits per heavy atom. The van der Waals surface area contributed by atoms with Crippen molar-refractivity contribution in [2.24, 2.45) is 5.92 Å². The van der Waals surface area contributed by atoms with Crippen molar-refractivity contribution >= 4 is 56.4 Å². The smallest absolute Gasteiger partial charge is 0.228 e. The molecule has 0 radical (unpaired) electrons. The maximum Gasteiger partial charge on any atom is 0.228 e. The number of anilines is 2. The third-order valence-electron chi connectivity index (χ3n) is 4.54. The van der Waals surface area contributed by atoms with Crippen molar-refractivity contribution in [2.75, 3.05) is 29.2 Å². The number of thioether (sulfide) groups is 1. The van der Waals surface area contributed by atoms with Gasteiger partial charge in [-0.1, -0.05) is 18.5 Å². The van der Waals surface area contributed by atoms with E-state index in [9.17, 15) is 18.0 Å². The quantitative estimate of drug-likeness (QED) is 0.668. The van der Waals surface area contributed by atoms with Crippen molar-refractivity contribution in [3.05, 3.63) is 41.4 Å². The van der Waals surface area contributed by atoms with E-state index in [-0.39, 0.29) is 28.9 Å². The molecule has 0 bridgehead atoms. The van der Waals surface area contributed by atoms with Gasteiger partial charge in [-0.05, 0) is 36.4 Å². The maximum atomic E-state index is 12.7. The Morgan fingerprint density at radius 1 is 1.30 bits per heavy atom. The second-order valence-electron chi connectivity index (χ2n) is 6.82. The van der Waals surface area contributed by atoms with Crippen LogP contribution in [0.5, 0.6) is 5.75 Å². The Kier molecular flexibility index (Phi) is 6.95. The van der Waals surface area contributed by atoms with Crippen LogP contribution in [0.2, 0.25) is 5.02 Å². The number of methoxy groups -OCH3 is 1. The lowest BCUT2D eigenvalue weighted by Gasteiger charge is -2.12. The Labute approximate surface area is 184 Å². The summed E-state index contributed by atoms with van der Waals surface area (Å²) in [6, 6.07) is 9.39. The number of rotatable bonds is 6. The van der Waals surface area contributed by atoms with Crippen molar-refractivity contribution in [1.82, 2.24) is 0 Å². The van der Waals surface area contributed by atoms with Gasteiger partial charge in [0.15, 0.2) is 9.84 Å². The monoisotopic (exact) mass is 468 g/mol. The largest absolute Gasteiger partial charge is 0.495 e. The van der Waals surface area contributed by atoms with Crippen LogP contribution in [0.15, 0.2) is 46.2 Å². The minimum atomic E-state index is -3.73. The molecule has 0 aromatic heterocycles. The number of carbonyl (C=O) groups excluding carboxylic acids is 2. The number of halogens is 1. The molecule has 1 unspecified atom stereocenters. The van der Waals surface area contributed by atoms with Crippen LogP contribution < -0.4 is 15.4 Å². The number of ether oxygens (including phenoxy) is 1. The molecule has 10 heteroatoms. The van der Waals surface area contributed by atoms with E-state index < -0.39 is 15.7 Å². The molecule has 1 atom stereocenters. The molecular formula is C20H21ClN2O5S2. The van der Waals surface area contributed by atoms with E-state index >= 15 is 0 Å². The summed E-state index contributed by atoms with van der Waals surface area (Å²) in [6.07, 6.45) is -0.243. The molecule has 7 nitrogen and oxygen atoms in total. The standard InChI is InChI=1S/C20H21ClN2O5S2/c1-12-11-29-18-6-4-14(10-16(18)23-20(12)25)30(26,27)8-7-19(24)22-15-9-13(21)3-5-17(15)28-2/h3-6,9-10,12H,7-8,11H2,1-2H3,(H,22,24)(H,23,25). The second-order valence-corrected chi connectivity index (χ2v) is 10.4. The van der Waals surface area contributed by atoms with Crippen LogP contribution in [-0.4, -0.2) is 38.8 Å². The summed E-state index contributed by atoms with van der Waals surface area (Å²) in [7, 11) is -2.27. The number of fused-ring (bicyclic) bond motifs is 1. The van der Waals surface area contributed by atoms with Crippen molar-refractivity contribution in [1.29, 1.82) is 0 Å². The van der Waals surface area contributed by atoms with Gasteiger partial charge in [-0.15, -0.1) is 11.8 Å². The van der Waals surface area contributed by atoms with Gasteiger partial charge in [0.25, 0.3) is 0 Å². The molecule has 2 aromatic carbocycles. The topological polar surface area (TPSA) is 102 Å². The number of carbonyl (C=O) groups is 2. The zero-order valence-electron chi connectivity index (χ0n) is 16.4. The molecule has 0 aliphatic carbocycles. The van der Waals surface area contributed by atoms with E-state index in [1.165, 1.54) is 37.1 Å². The lowest BCUT2D eigenvalue weighted by molar-refractivity contribution is -0.118. The van der Waals surface area contributed by atoms with E-state index in [0.717, 1.165) is 4.90 Å². The van der Waals surface area contributed by atoms with Gasteiger partial charge in [-0.2, -0.15) is 0 Å². The van der Waals surface area contributed by atoms with Crippen LogP contribution in [0.4, 0.5) is 11.4 Å². The first-order valence-corrected chi connectivity index (χ1v) is 12.1. The van der Waals surface area contributed by atoms with Gasteiger partial charge in [-0.3, -0.25) is 9.59 Å². The average Bonchev–Trinajstić information content (AvgIpc) is 2.84. The highest BCUT2D eigenvalue weighted by Gasteiger charge is 2.23. The molecule has 1 aliphatic heterocycles. The average molecular weight is 469 g/mol. The fraction of sp³-hybridized carbons (Fsp3) is 0.300. The first-order valence-electron chi connectivity index (χ1n) is 9.13. The molecule has 1 heterocycles. The molecule has 3 rings (SSSR count). The number of sulfone groups is 1. The molecule has 2 aromatic rings. The van der Waals surface area contributed by atoms with Gasteiger partial charge < -0.3 is 15.4 Å². The highest BCUT2D eigenvalue weighted by Crippen LogP contribution is 2.34. The molecule has 0 fully saturated rings. The highest BCUT2D eigenvalue weighted by molar-refractivity contribution is 7.99. The fourth-order valence-electron chi connectivity index (χ4n) is 2.81. The molecule has 30 heavy (non-hydrogen) atoms. The number of hydrogen-bond donors (Lipinski definition) is 2. The molecule has 160 valence electrons. The summed E-state index contributed by atoms with van der Waals surface area (Å²) in [5.41, 5.74) is 0.842. The first kappa shape index (κ1) is 22.5. The third-order valence-corrected chi connectivity index (χ3v) is 7.82. The Balaban J connectivity index is 1.70. The van der Waals surface area contributed by atoms with Crippen molar-refractivity contribution < 1.29 is 22.7 Å². The van der Waals surface area contributed by atoms with Gasteiger partial charge in [0.1, 0.15) is 5.75 Å². The Morgan fingerprint density at radius 2 is 2.07 bits per heavy atom. The fourth-order valence-corrected chi connectivity index (χ4v) is 5.25. The highest BCUT2D eigenvalue weighted by atomic mass is 35.5.